The second kappa shape index (κ2) is 9.72. The van der Waals surface area contributed by atoms with Crippen molar-refractivity contribution in [1.82, 2.24) is 10.2 Å². The highest BCUT2D eigenvalue weighted by Gasteiger charge is 2.44. The predicted octanol–water partition coefficient (Wildman–Crippen LogP) is 4.55. The zero-order valence-electron chi connectivity index (χ0n) is 20.0. The Bertz CT molecular complexity index is 1080. The Morgan fingerprint density at radius 2 is 1.57 bits per heavy atom. The van der Waals surface area contributed by atoms with Crippen LogP contribution in [0.2, 0.25) is 0 Å². The van der Waals surface area contributed by atoms with Crippen molar-refractivity contribution >= 4 is 18.0 Å². The van der Waals surface area contributed by atoms with Crippen molar-refractivity contribution in [2.45, 2.75) is 69.5 Å². The van der Waals surface area contributed by atoms with E-state index in [2.05, 4.69) is 29.6 Å². The highest BCUT2D eigenvalue weighted by Crippen LogP contribution is 2.44. The van der Waals surface area contributed by atoms with Gasteiger partial charge in [0.25, 0.3) is 0 Å². The lowest BCUT2D eigenvalue weighted by molar-refractivity contribution is -0.152. The monoisotopic (exact) mass is 476 g/mol. The van der Waals surface area contributed by atoms with Gasteiger partial charge < -0.3 is 20.1 Å². The lowest BCUT2D eigenvalue weighted by Gasteiger charge is -2.36. The molecule has 2 N–H and O–H groups in total. The second-order valence-electron chi connectivity index (χ2n) is 9.96. The molecule has 0 spiro atoms. The van der Waals surface area contributed by atoms with E-state index < -0.39 is 24.0 Å². The van der Waals surface area contributed by atoms with Crippen molar-refractivity contribution in [2.24, 2.45) is 5.92 Å². The van der Waals surface area contributed by atoms with Gasteiger partial charge in [0.1, 0.15) is 12.6 Å². The molecule has 3 atom stereocenters. The summed E-state index contributed by atoms with van der Waals surface area (Å²) in [5.74, 6) is -1.61. The van der Waals surface area contributed by atoms with Gasteiger partial charge in [-0.25, -0.2) is 9.59 Å². The number of alkyl carbamates (subject to hydrolysis) is 1. The molecule has 3 unspecified atom stereocenters. The molecule has 0 heterocycles. The minimum Gasteiger partial charge on any atom is -0.480 e. The largest absolute Gasteiger partial charge is 0.480 e. The number of amides is 2. The Kier molecular flexibility index (Phi) is 6.50. The van der Waals surface area contributed by atoms with Gasteiger partial charge in [-0.15, -0.1) is 0 Å². The molecule has 0 saturated heterocycles. The molecule has 3 aliphatic rings. The van der Waals surface area contributed by atoms with Crippen LogP contribution in [0.1, 0.15) is 62.5 Å². The van der Waals surface area contributed by atoms with Crippen molar-refractivity contribution in [3.05, 3.63) is 59.7 Å². The van der Waals surface area contributed by atoms with Gasteiger partial charge >= 0.3 is 12.1 Å². The fourth-order valence-corrected chi connectivity index (χ4v) is 5.74. The second-order valence-corrected chi connectivity index (χ2v) is 9.96. The smallest absolute Gasteiger partial charge is 0.407 e. The lowest BCUT2D eigenvalue weighted by atomic mass is 9.83. The summed E-state index contributed by atoms with van der Waals surface area (Å²) in [5, 5.41) is 12.5. The number of fused-ring (bicyclic) bond motifs is 3. The first-order valence-corrected chi connectivity index (χ1v) is 12.6. The molecular weight excluding hydrogens is 444 g/mol. The maximum Gasteiger partial charge on any atom is 0.407 e. The molecule has 0 aromatic heterocycles. The summed E-state index contributed by atoms with van der Waals surface area (Å²) in [7, 11) is 0. The number of carbonyl (C=O) groups excluding carboxylic acids is 2. The molecule has 2 aromatic rings. The summed E-state index contributed by atoms with van der Waals surface area (Å²) in [6.07, 6.45) is 4.26. The topological polar surface area (TPSA) is 95.9 Å². The van der Waals surface area contributed by atoms with Crippen molar-refractivity contribution < 1.29 is 24.2 Å². The van der Waals surface area contributed by atoms with Crippen LogP contribution in [-0.2, 0) is 14.3 Å². The number of nitrogens with zero attached hydrogens (tertiary/aromatic N) is 1. The molecule has 0 aliphatic heterocycles. The molecule has 2 saturated carbocycles. The van der Waals surface area contributed by atoms with E-state index in [4.69, 9.17) is 4.74 Å². The number of aliphatic carboxylic acids is 1. The highest BCUT2D eigenvalue weighted by molar-refractivity contribution is 5.86. The first-order chi connectivity index (χ1) is 17.0. The molecule has 2 aromatic carbocycles. The number of carboxylic acids is 1. The number of ether oxygens (including phenoxy) is 1. The van der Waals surface area contributed by atoms with Gasteiger partial charge in [-0.3, -0.25) is 4.79 Å². The Morgan fingerprint density at radius 3 is 2.17 bits per heavy atom. The molecule has 5 rings (SSSR count). The zero-order chi connectivity index (χ0) is 24.5. The van der Waals surface area contributed by atoms with Crippen molar-refractivity contribution in [2.75, 3.05) is 6.61 Å². The van der Waals surface area contributed by atoms with Gasteiger partial charge in [0.2, 0.25) is 5.91 Å². The number of rotatable bonds is 7. The van der Waals surface area contributed by atoms with Crippen LogP contribution < -0.4 is 5.32 Å². The third-order valence-electron chi connectivity index (χ3n) is 7.70. The summed E-state index contributed by atoms with van der Waals surface area (Å²) in [4.78, 5) is 39.5. The molecule has 35 heavy (non-hydrogen) atoms. The van der Waals surface area contributed by atoms with Crippen LogP contribution in [0.5, 0.6) is 0 Å². The number of hydrogen-bond acceptors (Lipinski definition) is 4. The van der Waals surface area contributed by atoms with Gasteiger partial charge in [0, 0.05) is 18.0 Å². The zero-order valence-corrected chi connectivity index (χ0v) is 20.0. The normalized spacial score (nSPS) is 22.0. The summed E-state index contributed by atoms with van der Waals surface area (Å²) in [5.41, 5.74) is 4.63. The number of carboxylic acid groups (broad SMARTS) is 1. The minimum atomic E-state index is -0.998. The van der Waals surface area contributed by atoms with Crippen molar-refractivity contribution in [1.29, 1.82) is 0 Å². The van der Waals surface area contributed by atoms with Crippen LogP contribution in [0.25, 0.3) is 11.1 Å². The number of hydrogen-bond donors (Lipinski definition) is 2. The first kappa shape index (κ1) is 23.4. The molecule has 7 heteroatoms. The molecule has 0 bridgehead atoms. The number of benzene rings is 2. The van der Waals surface area contributed by atoms with Crippen molar-refractivity contribution in [3.63, 3.8) is 0 Å². The van der Waals surface area contributed by atoms with Crippen molar-refractivity contribution in [3.8, 4) is 11.1 Å². The summed E-state index contributed by atoms with van der Waals surface area (Å²) in [6.45, 7) is 1.78. The molecule has 0 radical (unpaired) electrons. The third kappa shape index (κ3) is 4.64. The van der Waals surface area contributed by atoms with E-state index >= 15 is 0 Å². The Balaban J connectivity index is 1.25. The van der Waals surface area contributed by atoms with Gasteiger partial charge in [0.05, 0.1) is 5.92 Å². The molecule has 3 aliphatic carbocycles. The molecule has 2 fully saturated rings. The number of nitrogens with one attached hydrogen (secondary N) is 1. The quantitative estimate of drug-likeness (QED) is 0.611. The van der Waals surface area contributed by atoms with Gasteiger partial charge in [-0.2, -0.15) is 0 Å². The van der Waals surface area contributed by atoms with E-state index in [1.165, 1.54) is 16.0 Å². The van der Waals surface area contributed by atoms with E-state index in [0.717, 1.165) is 36.8 Å². The Labute approximate surface area is 205 Å². The first-order valence-electron chi connectivity index (χ1n) is 12.6. The lowest BCUT2D eigenvalue weighted by Crippen LogP contribution is -2.53. The average molecular weight is 477 g/mol. The average Bonchev–Trinajstić information content (AvgIpc) is 3.65. The Morgan fingerprint density at radius 1 is 0.971 bits per heavy atom. The highest BCUT2D eigenvalue weighted by atomic mass is 16.5. The molecule has 2 amide bonds. The number of carbonyl (C=O) groups is 3. The maximum atomic E-state index is 13.4. The summed E-state index contributed by atoms with van der Waals surface area (Å²) < 4.78 is 5.71. The van der Waals surface area contributed by atoms with Gasteiger partial charge in [-0.1, -0.05) is 61.4 Å². The van der Waals surface area contributed by atoms with Crippen LogP contribution in [0.15, 0.2) is 48.5 Å². The Hall–Kier alpha value is -3.35. The van der Waals surface area contributed by atoms with Gasteiger partial charge in [0.15, 0.2) is 0 Å². The maximum absolute atomic E-state index is 13.4. The summed E-state index contributed by atoms with van der Waals surface area (Å²) in [6, 6.07) is 15.1. The third-order valence-corrected chi connectivity index (χ3v) is 7.70. The molecule has 7 nitrogen and oxygen atoms in total. The van der Waals surface area contributed by atoms with Crippen LogP contribution in [0.3, 0.4) is 0 Å². The van der Waals surface area contributed by atoms with Crippen LogP contribution >= 0.6 is 0 Å². The van der Waals surface area contributed by atoms with E-state index in [9.17, 15) is 19.5 Å². The van der Waals surface area contributed by atoms with E-state index in [0.29, 0.717) is 12.8 Å². The van der Waals surface area contributed by atoms with E-state index in [-0.39, 0.29) is 30.5 Å². The van der Waals surface area contributed by atoms with Crippen LogP contribution in [-0.4, -0.2) is 52.7 Å². The SMILES string of the molecule is CC(C(=O)O)N(C(=O)C1CCCCC1NC(=O)OCC1c2ccccc2-c2ccccc21)C1CC1. The van der Waals surface area contributed by atoms with Crippen LogP contribution in [0.4, 0.5) is 4.79 Å². The fraction of sp³-hybridized carbons (Fsp3) is 0.464. The minimum absolute atomic E-state index is 0.00867. The van der Waals surface area contributed by atoms with Crippen LogP contribution in [0, 0.1) is 5.92 Å². The van der Waals surface area contributed by atoms with E-state index in [1.54, 1.807) is 6.92 Å². The fourth-order valence-electron chi connectivity index (χ4n) is 5.74. The van der Waals surface area contributed by atoms with Gasteiger partial charge in [-0.05, 0) is 54.9 Å². The molecular formula is C28H32N2O5. The summed E-state index contributed by atoms with van der Waals surface area (Å²) >= 11 is 0. The molecule has 184 valence electrons. The van der Waals surface area contributed by atoms with E-state index in [1.807, 2.05) is 24.3 Å². The predicted molar refractivity (Wildman–Crippen MR) is 131 cm³/mol. The standard InChI is InChI=1S/C28H32N2O5/c1-17(27(32)33)30(18-14-15-18)26(31)23-12-6-7-13-25(23)29-28(34)35-16-24-21-10-4-2-8-19(21)20-9-3-5-11-22(20)24/h2-5,8-11,17-18,23-25H,6-7,12-16H2,1H3,(H,29,34)(H,32,33).